The van der Waals surface area contributed by atoms with Crippen LogP contribution in [0.25, 0.3) is 0 Å². The lowest BCUT2D eigenvalue weighted by atomic mass is 9.94. The van der Waals surface area contributed by atoms with Gasteiger partial charge in [0.25, 0.3) is 0 Å². The van der Waals surface area contributed by atoms with Crippen LogP contribution in [0.1, 0.15) is 31.9 Å². The Morgan fingerprint density at radius 3 is 1.95 bits per heavy atom. The van der Waals surface area contributed by atoms with Gasteiger partial charge in [-0.15, -0.1) is 0 Å². The number of benzene rings is 1. The first-order valence-corrected chi connectivity index (χ1v) is 6.68. The van der Waals surface area contributed by atoms with Crippen molar-refractivity contribution in [2.45, 2.75) is 32.4 Å². The maximum absolute atomic E-state index is 10.2. The molecule has 5 heteroatoms. The molecule has 0 aliphatic rings. The van der Waals surface area contributed by atoms with Crippen LogP contribution in [0.2, 0.25) is 0 Å². The average Bonchev–Trinajstić information content (AvgIpc) is 2.44. The van der Waals surface area contributed by atoms with Gasteiger partial charge in [-0.1, -0.05) is 13.8 Å². The van der Waals surface area contributed by atoms with Crippen LogP contribution in [-0.4, -0.2) is 32.5 Å². The van der Waals surface area contributed by atoms with E-state index < -0.39 is 12.1 Å². The molecule has 1 aromatic rings. The number of aliphatic hydroxyl groups excluding tert-OH is 1. The molecule has 0 amide bonds. The van der Waals surface area contributed by atoms with Crippen LogP contribution >= 0.6 is 0 Å². The molecule has 0 unspecified atom stereocenters. The predicted molar refractivity (Wildman–Crippen MR) is 78.5 cm³/mol. The van der Waals surface area contributed by atoms with Gasteiger partial charge in [0.15, 0.2) is 11.5 Å². The van der Waals surface area contributed by atoms with E-state index in [2.05, 4.69) is 0 Å². The van der Waals surface area contributed by atoms with Gasteiger partial charge in [0.05, 0.1) is 33.5 Å². The molecule has 0 aromatic heterocycles. The van der Waals surface area contributed by atoms with Crippen LogP contribution in [0.4, 0.5) is 0 Å². The van der Waals surface area contributed by atoms with Crippen LogP contribution in [-0.2, 0) is 0 Å². The van der Waals surface area contributed by atoms with E-state index in [4.69, 9.17) is 19.9 Å². The maximum Gasteiger partial charge on any atom is 0.164 e. The second-order valence-electron chi connectivity index (χ2n) is 5.17. The Kier molecular flexibility index (Phi) is 6.10. The summed E-state index contributed by atoms with van der Waals surface area (Å²) in [7, 11) is 4.68. The molecule has 0 heterocycles. The molecule has 0 fully saturated rings. The first-order chi connectivity index (χ1) is 9.44. The monoisotopic (exact) mass is 283 g/mol. The highest BCUT2D eigenvalue weighted by Crippen LogP contribution is 2.38. The van der Waals surface area contributed by atoms with Crippen LogP contribution < -0.4 is 19.9 Å². The summed E-state index contributed by atoms with van der Waals surface area (Å²) in [6.07, 6.45) is -0.0134. The molecule has 114 valence electrons. The third-order valence-electron chi connectivity index (χ3n) is 3.22. The SMILES string of the molecule is COc1cc(OC)c([C@@H](N)[C@@H](O)CC(C)C)cc1OC. The Morgan fingerprint density at radius 2 is 1.50 bits per heavy atom. The van der Waals surface area contributed by atoms with Crippen molar-refractivity contribution in [3.8, 4) is 17.2 Å². The molecule has 0 saturated carbocycles. The summed E-state index contributed by atoms with van der Waals surface area (Å²) >= 11 is 0. The maximum atomic E-state index is 10.2. The molecule has 20 heavy (non-hydrogen) atoms. The number of hydrogen-bond donors (Lipinski definition) is 2. The predicted octanol–water partition coefficient (Wildman–Crippen LogP) is 2.12. The fourth-order valence-electron chi connectivity index (χ4n) is 2.15. The van der Waals surface area contributed by atoms with Gasteiger partial charge >= 0.3 is 0 Å². The van der Waals surface area contributed by atoms with Crippen LogP contribution in [0, 0.1) is 5.92 Å². The molecule has 0 radical (unpaired) electrons. The van der Waals surface area contributed by atoms with Crippen molar-refractivity contribution in [1.82, 2.24) is 0 Å². The molecule has 2 atom stereocenters. The fraction of sp³-hybridized carbons (Fsp3) is 0.600. The minimum atomic E-state index is -0.637. The number of rotatable bonds is 7. The number of methoxy groups -OCH3 is 3. The number of ether oxygens (including phenoxy) is 3. The van der Waals surface area contributed by atoms with Crippen molar-refractivity contribution in [2.24, 2.45) is 11.7 Å². The second kappa shape index (κ2) is 7.36. The van der Waals surface area contributed by atoms with Crippen molar-refractivity contribution in [3.05, 3.63) is 17.7 Å². The second-order valence-corrected chi connectivity index (χ2v) is 5.17. The zero-order chi connectivity index (χ0) is 15.3. The van der Waals surface area contributed by atoms with Gasteiger partial charge in [-0.2, -0.15) is 0 Å². The molecule has 0 aliphatic heterocycles. The summed E-state index contributed by atoms with van der Waals surface area (Å²) in [5, 5.41) is 10.2. The fourth-order valence-corrected chi connectivity index (χ4v) is 2.15. The van der Waals surface area contributed by atoms with Crippen molar-refractivity contribution in [2.75, 3.05) is 21.3 Å². The highest BCUT2D eigenvalue weighted by molar-refractivity contribution is 5.52. The molecule has 5 nitrogen and oxygen atoms in total. The van der Waals surface area contributed by atoms with Crippen molar-refractivity contribution in [1.29, 1.82) is 0 Å². The number of nitrogens with two attached hydrogens (primary N) is 1. The van der Waals surface area contributed by atoms with Gasteiger partial charge in [0.1, 0.15) is 5.75 Å². The molecule has 1 rings (SSSR count). The van der Waals surface area contributed by atoms with Gasteiger partial charge in [-0.25, -0.2) is 0 Å². The smallest absolute Gasteiger partial charge is 0.164 e. The van der Waals surface area contributed by atoms with Crippen molar-refractivity contribution < 1.29 is 19.3 Å². The topological polar surface area (TPSA) is 73.9 Å². The summed E-state index contributed by atoms with van der Waals surface area (Å²) < 4.78 is 15.8. The molecule has 3 N–H and O–H groups in total. The van der Waals surface area contributed by atoms with E-state index in [1.54, 1.807) is 33.5 Å². The average molecular weight is 283 g/mol. The minimum absolute atomic E-state index is 0.363. The number of aliphatic hydroxyl groups is 1. The Labute approximate surface area is 120 Å². The van der Waals surface area contributed by atoms with E-state index in [1.165, 1.54) is 0 Å². The van der Waals surface area contributed by atoms with Gasteiger partial charge in [0.2, 0.25) is 0 Å². The molecule has 0 bridgehead atoms. The Bertz CT molecular complexity index is 434. The third kappa shape index (κ3) is 3.77. The first-order valence-electron chi connectivity index (χ1n) is 6.68. The summed E-state index contributed by atoms with van der Waals surface area (Å²) in [6, 6.07) is 2.94. The third-order valence-corrected chi connectivity index (χ3v) is 3.22. The molecule has 0 aliphatic carbocycles. The molecule has 0 spiro atoms. The van der Waals surface area contributed by atoms with Crippen LogP contribution in [0.5, 0.6) is 17.2 Å². The quantitative estimate of drug-likeness (QED) is 0.802. The Balaban J connectivity index is 3.14. The van der Waals surface area contributed by atoms with Gasteiger partial charge in [0, 0.05) is 11.6 Å². The zero-order valence-electron chi connectivity index (χ0n) is 12.8. The van der Waals surface area contributed by atoms with Crippen molar-refractivity contribution in [3.63, 3.8) is 0 Å². The van der Waals surface area contributed by atoms with Gasteiger partial charge < -0.3 is 25.1 Å². The molecule has 0 saturated heterocycles. The van der Waals surface area contributed by atoms with E-state index in [0.717, 1.165) is 0 Å². The van der Waals surface area contributed by atoms with E-state index in [1.807, 2.05) is 13.8 Å². The largest absolute Gasteiger partial charge is 0.496 e. The highest BCUT2D eigenvalue weighted by atomic mass is 16.5. The Hall–Kier alpha value is -1.46. The van der Waals surface area contributed by atoms with E-state index in [0.29, 0.717) is 35.2 Å². The Morgan fingerprint density at radius 1 is 1.00 bits per heavy atom. The van der Waals surface area contributed by atoms with Gasteiger partial charge in [-0.05, 0) is 18.4 Å². The van der Waals surface area contributed by atoms with E-state index in [-0.39, 0.29) is 0 Å². The first kappa shape index (κ1) is 16.6. The lowest BCUT2D eigenvalue weighted by molar-refractivity contribution is 0.119. The lowest BCUT2D eigenvalue weighted by Crippen LogP contribution is -2.28. The lowest BCUT2D eigenvalue weighted by Gasteiger charge is -2.23. The van der Waals surface area contributed by atoms with Crippen LogP contribution in [0.3, 0.4) is 0 Å². The molecular formula is C15H25NO4. The van der Waals surface area contributed by atoms with Crippen LogP contribution in [0.15, 0.2) is 12.1 Å². The summed E-state index contributed by atoms with van der Waals surface area (Å²) in [6.45, 7) is 4.09. The number of hydrogen-bond acceptors (Lipinski definition) is 5. The van der Waals surface area contributed by atoms with E-state index in [9.17, 15) is 5.11 Å². The molecule has 1 aromatic carbocycles. The standard InChI is InChI=1S/C15H25NO4/c1-9(2)6-11(17)15(16)10-7-13(19-4)14(20-5)8-12(10)18-3/h7-9,11,15,17H,6,16H2,1-5H3/t11-,15+/m0/s1. The molecular weight excluding hydrogens is 258 g/mol. The summed E-state index contributed by atoms with van der Waals surface area (Å²) in [4.78, 5) is 0. The minimum Gasteiger partial charge on any atom is -0.496 e. The zero-order valence-corrected chi connectivity index (χ0v) is 12.8. The van der Waals surface area contributed by atoms with Gasteiger partial charge in [-0.3, -0.25) is 0 Å². The summed E-state index contributed by atoms with van der Waals surface area (Å²) in [5.41, 5.74) is 6.86. The van der Waals surface area contributed by atoms with Crippen molar-refractivity contribution >= 4 is 0 Å². The normalized spacial score (nSPS) is 14.0. The summed E-state index contributed by atoms with van der Waals surface area (Å²) in [5.74, 6) is 2.08. The highest BCUT2D eigenvalue weighted by Gasteiger charge is 2.23. The van der Waals surface area contributed by atoms with E-state index >= 15 is 0 Å².